The Morgan fingerprint density at radius 2 is 2.12 bits per heavy atom. The molecule has 0 bridgehead atoms. The second-order valence-corrected chi connectivity index (χ2v) is 3.45. The maximum absolute atomic E-state index is 12.9. The van der Waals surface area contributed by atoms with Gasteiger partial charge in [0.1, 0.15) is 5.82 Å². The summed E-state index contributed by atoms with van der Waals surface area (Å²) in [6.07, 6.45) is 0. The van der Waals surface area contributed by atoms with Crippen molar-refractivity contribution >= 4 is 17.0 Å². The summed E-state index contributed by atoms with van der Waals surface area (Å²) in [5, 5.41) is 20.6. The Kier molecular flexibility index (Phi) is 3.02. The van der Waals surface area contributed by atoms with E-state index >= 15 is 0 Å². The highest BCUT2D eigenvalue weighted by Crippen LogP contribution is 2.15. The lowest BCUT2D eigenvalue weighted by atomic mass is 10.3. The van der Waals surface area contributed by atoms with Gasteiger partial charge in [0.2, 0.25) is 5.95 Å². The van der Waals surface area contributed by atoms with E-state index in [0.29, 0.717) is 17.0 Å². The number of anilines is 1. The molecule has 0 aliphatic rings. The molecule has 0 fully saturated rings. The Morgan fingerprint density at radius 1 is 1.38 bits per heavy atom. The summed E-state index contributed by atoms with van der Waals surface area (Å²) in [7, 11) is 0. The number of rotatable bonds is 4. The number of hydrogen-bond acceptors (Lipinski definition) is 4. The summed E-state index contributed by atoms with van der Waals surface area (Å²) in [6.45, 7) is -0.413. The van der Waals surface area contributed by atoms with Gasteiger partial charge in [-0.05, 0) is 18.2 Å². The van der Waals surface area contributed by atoms with Crippen molar-refractivity contribution in [2.75, 3.05) is 18.5 Å². The third-order valence-electron chi connectivity index (χ3n) is 2.23. The maximum atomic E-state index is 12.9. The van der Waals surface area contributed by atoms with E-state index in [1.165, 1.54) is 12.1 Å². The lowest BCUT2D eigenvalue weighted by Crippen LogP contribution is -2.28. The Morgan fingerprint density at radius 3 is 2.81 bits per heavy atom. The fraction of sp³-hybridized carbons (Fsp3) is 0.300. The van der Waals surface area contributed by atoms with Crippen molar-refractivity contribution in [3.63, 3.8) is 0 Å². The molecule has 1 aromatic carbocycles. The minimum atomic E-state index is -0.481. The number of fused-ring (bicyclic) bond motifs is 1. The van der Waals surface area contributed by atoms with Gasteiger partial charge in [-0.15, -0.1) is 0 Å². The van der Waals surface area contributed by atoms with Crippen molar-refractivity contribution < 1.29 is 14.6 Å². The van der Waals surface area contributed by atoms with Crippen molar-refractivity contribution in [2.24, 2.45) is 0 Å². The monoisotopic (exact) mass is 225 g/mol. The number of aromatic nitrogens is 2. The fourth-order valence-corrected chi connectivity index (χ4v) is 1.39. The molecule has 0 amide bonds. The third kappa shape index (κ3) is 2.12. The third-order valence-corrected chi connectivity index (χ3v) is 2.23. The molecular formula is C10H12FN3O2. The second-order valence-electron chi connectivity index (χ2n) is 3.45. The average molecular weight is 225 g/mol. The molecule has 0 aliphatic heterocycles. The van der Waals surface area contributed by atoms with Gasteiger partial charge >= 0.3 is 0 Å². The predicted octanol–water partition coefficient (Wildman–Crippen LogP) is 0.467. The molecule has 1 heterocycles. The van der Waals surface area contributed by atoms with Gasteiger partial charge in [-0.1, -0.05) is 0 Å². The molecular weight excluding hydrogens is 213 g/mol. The number of hydrogen-bond donors (Lipinski definition) is 4. The van der Waals surface area contributed by atoms with Gasteiger partial charge < -0.3 is 20.5 Å². The Labute approximate surface area is 90.9 Å². The van der Waals surface area contributed by atoms with Crippen molar-refractivity contribution in [3.8, 4) is 0 Å². The van der Waals surface area contributed by atoms with Crippen molar-refractivity contribution in [1.82, 2.24) is 9.97 Å². The van der Waals surface area contributed by atoms with Crippen LogP contribution >= 0.6 is 0 Å². The molecule has 0 unspecified atom stereocenters. The van der Waals surface area contributed by atoms with Crippen LogP contribution in [-0.2, 0) is 0 Å². The van der Waals surface area contributed by atoms with E-state index in [1.54, 1.807) is 6.07 Å². The summed E-state index contributed by atoms with van der Waals surface area (Å²) in [5.41, 5.74) is 1.19. The van der Waals surface area contributed by atoms with Gasteiger partial charge in [-0.25, -0.2) is 9.37 Å². The van der Waals surface area contributed by atoms with E-state index in [9.17, 15) is 4.39 Å². The van der Waals surface area contributed by atoms with Crippen LogP contribution in [0.15, 0.2) is 18.2 Å². The normalized spacial score (nSPS) is 11.2. The average Bonchev–Trinajstić information content (AvgIpc) is 2.67. The van der Waals surface area contributed by atoms with Gasteiger partial charge in [0.25, 0.3) is 0 Å². The second kappa shape index (κ2) is 4.46. The lowest BCUT2D eigenvalue weighted by molar-refractivity contribution is 0.203. The first-order valence-corrected chi connectivity index (χ1v) is 4.86. The number of nitrogens with zero attached hydrogens (tertiary/aromatic N) is 1. The summed E-state index contributed by atoms with van der Waals surface area (Å²) >= 11 is 0. The fourth-order valence-electron chi connectivity index (χ4n) is 1.39. The van der Waals surface area contributed by atoms with Crippen molar-refractivity contribution in [1.29, 1.82) is 0 Å². The number of nitrogens with one attached hydrogen (secondary N) is 2. The molecule has 0 aliphatic carbocycles. The number of aliphatic hydroxyl groups excluding tert-OH is 2. The van der Waals surface area contributed by atoms with Crippen LogP contribution < -0.4 is 5.32 Å². The van der Waals surface area contributed by atoms with Gasteiger partial charge in [-0.2, -0.15) is 0 Å². The molecule has 4 N–H and O–H groups in total. The zero-order chi connectivity index (χ0) is 11.5. The highest BCUT2D eigenvalue weighted by atomic mass is 19.1. The van der Waals surface area contributed by atoms with Gasteiger partial charge in [0, 0.05) is 0 Å². The predicted molar refractivity (Wildman–Crippen MR) is 57.6 cm³/mol. The minimum absolute atomic E-state index is 0.206. The largest absolute Gasteiger partial charge is 0.394 e. The van der Waals surface area contributed by atoms with Crippen molar-refractivity contribution in [2.45, 2.75) is 6.04 Å². The number of aliphatic hydroxyl groups is 2. The summed E-state index contributed by atoms with van der Waals surface area (Å²) in [4.78, 5) is 6.99. The molecule has 0 saturated heterocycles. The Bertz CT molecular complexity index is 482. The first-order chi connectivity index (χ1) is 7.72. The molecule has 2 aromatic rings. The lowest BCUT2D eigenvalue weighted by Gasteiger charge is -2.11. The molecule has 0 atom stereocenters. The van der Waals surface area contributed by atoms with Crippen LogP contribution in [0.4, 0.5) is 10.3 Å². The van der Waals surface area contributed by atoms with E-state index < -0.39 is 6.04 Å². The zero-order valence-corrected chi connectivity index (χ0v) is 8.44. The van der Waals surface area contributed by atoms with Crippen LogP contribution in [0, 0.1) is 5.82 Å². The summed E-state index contributed by atoms with van der Waals surface area (Å²) < 4.78 is 12.9. The van der Waals surface area contributed by atoms with Gasteiger partial charge in [0.15, 0.2) is 0 Å². The van der Waals surface area contributed by atoms with Crippen molar-refractivity contribution in [3.05, 3.63) is 24.0 Å². The molecule has 2 rings (SSSR count). The molecule has 0 radical (unpaired) electrons. The first-order valence-electron chi connectivity index (χ1n) is 4.86. The number of imidazole rings is 1. The van der Waals surface area contributed by atoms with Crippen LogP contribution in [0.2, 0.25) is 0 Å². The molecule has 16 heavy (non-hydrogen) atoms. The molecule has 5 nitrogen and oxygen atoms in total. The van der Waals surface area contributed by atoms with Crippen LogP contribution in [0.1, 0.15) is 0 Å². The van der Waals surface area contributed by atoms with Crippen LogP contribution in [0.5, 0.6) is 0 Å². The first kappa shape index (κ1) is 10.8. The van der Waals surface area contributed by atoms with E-state index in [1.807, 2.05) is 0 Å². The maximum Gasteiger partial charge on any atom is 0.201 e. The molecule has 86 valence electrons. The topological polar surface area (TPSA) is 81.2 Å². The number of aromatic amines is 1. The highest BCUT2D eigenvalue weighted by Gasteiger charge is 2.08. The minimum Gasteiger partial charge on any atom is -0.394 e. The molecule has 0 saturated carbocycles. The van der Waals surface area contributed by atoms with E-state index in [2.05, 4.69) is 15.3 Å². The SMILES string of the molecule is OCC(CO)Nc1nc2ccc(F)cc2[nH]1. The van der Waals surface area contributed by atoms with Crippen LogP contribution in [0.25, 0.3) is 11.0 Å². The summed E-state index contributed by atoms with van der Waals surface area (Å²) in [5.74, 6) is 0.0530. The van der Waals surface area contributed by atoms with Crippen LogP contribution in [-0.4, -0.2) is 39.4 Å². The number of benzene rings is 1. The van der Waals surface area contributed by atoms with E-state index in [0.717, 1.165) is 0 Å². The van der Waals surface area contributed by atoms with Crippen LogP contribution in [0.3, 0.4) is 0 Å². The molecule has 6 heteroatoms. The summed E-state index contributed by atoms with van der Waals surface area (Å²) in [6, 6.07) is 3.73. The quantitative estimate of drug-likeness (QED) is 0.609. The van der Waals surface area contributed by atoms with E-state index in [4.69, 9.17) is 10.2 Å². The van der Waals surface area contributed by atoms with E-state index in [-0.39, 0.29) is 19.0 Å². The number of H-pyrrole nitrogens is 1. The van der Waals surface area contributed by atoms with Gasteiger partial charge in [0.05, 0.1) is 30.3 Å². The molecule has 1 aromatic heterocycles. The zero-order valence-electron chi connectivity index (χ0n) is 8.44. The Hall–Kier alpha value is -1.66. The highest BCUT2D eigenvalue weighted by molar-refractivity contribution is 5.77. The standard InChI is InChI=1S/C10H12FN3O2/c11-6-1-2-8-9(3-6)14-10(13-8)12-7(4-15)5-16/h1-3,7,15-16H,4-5H2,(H2,12,13,14). The number of halogens is 1. The van der Waals surface area contributed by atoms with Gasteiger partial charge in [-0.3, -0.25) is 0 Å². The molecule has 0 spiro atoms. The Balaban J connectivity index is 2.25. The smallest absolute Gasteiger partial charge is 0.201 e.